The Balaban J connectivity index is 1.70. The lowest BCUT2D eigenvalue weighted by atomic mass is 10.0. The summed E-state index contributed by atoms with van der Waals surface area (Å²) in [6, 6.07) is 20.4. The summed E-state index contributed by atoms with van der Waals surface area (Å²) in [6.07, 6.45) is 2.03. The fraction of sp³-hybridized carbons (Fsp3) is 0.125. The standard InChI is InChI=1S/C24H21N5O3/c1-2-13-29-21-19(23(31)26-24(29)32)14-18(15-25-21)22(30)28-27-20(16-9-5-3-6-10-16)17-11-7-4-8-12-17/h3-12,14-15H,2,13H2,1H3,(H,28,30)(H,26,31,32). The molecule has 1 amide bonds. The second-order valence-electron chi connectivity index (χ2n) is 7.14. The zero-order valence-corrected chi connectivity index (χ0v) is 17.4. The zero-order chi connectivity index (χ0) is 22.5. The van der Waals surface area contributed by atoms with Gasteiger partial charge in [0.25, 0.3) is 11.5 Å². The van der Waals surface area contributed by atoms with Crippen molar-refractivity contribution in [1.82, 2.24) is 20.0 Å². The molecule has 2 aromatic carbocycles. The fourth-order valence-electron chi connectivity index (χ4n) is 3.38. The van der Waals surface area contributed by atoms with Crippen LogP contribution < -0.4 is 16.7 Å². The first kappa shape index (κ1) is 20.9. The number of nitrogens with one attached hydrogen (secondary N) is 2. The molecule has 0 saturated heterocycles. The Morgan fingerprint density at radius 3 is 2.22 bits per heavy atom. The van der Waals surface area contributed by atoms with Gasteiger partial charge in [-0.05, 0) is 12.5 Å². The van der Waals surface area contributed by atoms with Gasteiger partial charge in [-0.2, -0.15) is 5.10 Å². The second-order valence-corrected chi connectivity index (χ2v) is 7.14. The number of aromatic nitrogens is 3. The topological polar surface area (TPSA) is 109 Å². The fourth-order valence-corrected chi connectivity index (χ4v) is 3.38. The molecule has 2 aromatic heterocycles. The van der Waals surface area contributed by atoms with Crippen molar-refractivity contribution in [2.75, 3.05) is 0 Å². The Labute approximate surface area is 183 Å². The first-order valence-corrected chi connectivity index (χ1v) is 10.2. The molecule has 0 saturated carbocycles. The largest absolute Gasteiger partial charge is 0.329 e. The van der Waals surface area contributed by atoms with Gasteiger partial charge < -0.3 is 0 Å². The summed E-state index contributed by atoms with van der Waals surface area (Å²) in [6.45, 7) is 2.33. The van der Waals surface area contributed by atoms with Crippen LogP contribution in [0.2, 0.25) is 0 Å². The number of aromatic amines is 1. The zero-order valence-electron chi connectivity index (χ0n) is 17.4. The number of pyridine rings is 1. The molecule has 0 radical (unpaired) electrons. The van der Waals surface area contributed by atoms with Crippen molar-refractivity contribution in [3.05, 3.63) is 110 Å². The number of aryl methyl sites for hydroxylation is 1. The SMILES string of the molecule is CCCn1c(=O)[nH]c(=O)c2cc(C(=O)NN=C(c3ccccc3)c3ccccc3)cnc21. The van der Waals surface area contributed by atoms with E-state index in [1.807, 2.05) is 67.6 Å². The molecule has 0 unspecified atom stereocenters. The predicted molar refractivity (Wildman–Crippen MR) is 123 cm³/mol. The number of nitrogens with zero attached hydrogens (tertiary/aromatic N) is 3. The number of hydrogen-bond acceptors (Lipinski definition) is 5. The summed E-state index contributed by atoms with van der Waals surface area (Å²) in [5.41, 5.74) is 4.15. The van der Waals surface area contributed by atoms with Crippen LogP contribution in [0.4, 0.5) is 0 Å². The number of carbonyl (C=O) groups is 1. The Kier molecular flexibility index (Phi) is 6.03. The van der Waals surface area contributed by atoms with Gasteiger partial charge in [-0.3, -0.25) is 19.1 Å². The molecule has 0 fully saturated rings. The van der Waals surface area contributed by atoms with E-state index in [-0.39, 0.29) is 16.6 Å². The normalized spacial score (nSPS) is 10.7. The van der Waals surface area contributed by atoms with E-state index in [1.54, 1.807) is 0 Å². The number of carbonyl (C=O) groups excluding carboxylic acids is 1. The van der Waals surface area contributed by atoms with Gasteiger partial charge in [0.1, 0.15) is 5.65 Å². The van der Waals surface area contributed by atoms with Crippen molar-refractivity contribution in [2.45, 2.75) is 19.9 Å². The van der Waals surface area contributed by atoms with Gasteiger partial charge in [-0.1, -0.05) is 67.6 Å². The highest BCUT2D eigenvalue weighted by Gasteiger charge is 2.14. The Morgan fingerprint density at radius 1 is 1.00 bits per heavy atom. The summed E-state index contributed by atoms with van der Waals surface area (Å²) < 4.78 is 1.39. The maximum Gasteiger partial charge on any atom is 0.329 e. The summed E-state index contributed by atoms with van der Waals surface area (Å²) >= 11 is 0. The Bertz CT molecular complexity index is 1370. The first-order valence-electron chi connectivity index (χ1n) is 10.2. The van der Waals surface area contributed by atoms with Crippen molar-refractivity contribution in [3.8, 4) is 0 Å². The van der Waals surface area contributed by atoms with E-state index in [0.29, 0.717) is 18.7 Å². The lowest BCUT2D eigenvalue weighted by Gasteiger charge is -2.09. The average Bonchev–Trinajstić information content (AvgIpc) is 2.83. The minimum Gasteiger partial charge on any atom is -0.278 e. The highest BCUT2D eigenvalue weighted by atomic mass is 16.2. The molecule has 160 valence electrons. The molecule has 0 spiro atoms. The number of hydrogen-bond donors (Lipinski definition) is 2. The highest BCUT2D eigenvalue weighted by Crippen LogP contribution is 2.12. The van der Waals surface area contributed by atoms with Gasteiger partial charge in [0, 0.05) is 23.9 Å². The van der Waals surface area contributed by atoms with E-state index in [1.165, 1.54) is 16.8 Å². The monoisotopic (exact) mass is 427 g/mol. The first-order chi connectivity index (χ1) is 15.6. The van der Waals surface area contributed by atoms with E-state index in [4.69, 9.17) is 0 Å². The molecular formula is C24H21N5O3. The number of hydrazone groups is 1. The van der Waals surface area contributed by atoms with Crippen LogP contribution in [0.15, 0.2) is 87.6 Å². The van der Waals surface area contributed by atoms with Crippen LogP contribution in [0.25, 0.3) is 11.0 Å². The van der Waals surface area contributed by atoms with Crippen LogP contribution in [0.5, 0.6) is 0 Å². The van der Waals surface area contributed by atoms with E-state index in [9.17, 15) is 14.4 Å². The van der Waals surface area contributed by atoms with Crippen molar-refractivity contribution >= 4 is 22.7 Å². The van der Waals surface area contributed by atoms with Gasteiger partial charge in [0.2, 0.25) is 0 Å². The van der Waals surface area contributed by atoms with Gasteiger partial charge in [0.05, 0.1) is 16.7 Å². The maximum atomic E-state index is 12.8. The number of amides is 1. The number of rotatable bonds is 6. The van der Waals surface area contributed by atoms with E-state index >= 15 is 0 Å². The lowest BCUT2D eigenvalue weighted by molar-refractivity contribution is 0.0954. The molecule has 8 nitrogen and oxygen atoms in total. The minimum atomic E-state index is -0.586. The maximum absolute atomic E-state index is 12.8. The Morgan fingerprint density at radius 2 is 1.62 bits per heavy atom. The smallest absolute Gasteiger partial charge is 0.278 e. The molecule has 0 bridgehead atoms. The number of fused-ring (bicyclic) bond motifs is 1. The van der Waals surface area contributed by atoms with Crippen LogP contribution >= 0.6 is 0 Å². The van der Waals surface area contributed by atoms with Crippen molar-refractivity contribution in [2.24, 2.45) is 5.10 Å². The molecule has 4 aromatic rings. The van der Waals surface area contributed by atoms with Crippen molar-refractivity contribution in [1.29, 1.82) is 0 Å². The molecule has 0 aliphatic rings. The van der Waals surface area contributed by atoms with E-state index < -0.39 is 17.2 Å². The van der Waals surface area contributed by atoms with Crippen molar-refractivity contribution < 1.29 is 4.79 Å². The van der Waals surface area contributed by atoms with E-state index in [2.05, 4.69) is 20.5 Å². The Hall–Kier alpha value is -4.33. The molecule has 2 heterocycles. The quantitative estimate of drug-likeness (QED) is 0.364. The van der Waals surface area contributed by atoms with Gasteiger partial charge in [0.15, 0.2) is 0 Å². The number of H-pyrrole nitrogens is 1. The van der Waals surface area contributed by atoms with Crippen LogP contribution in [-0.2, 0) is 6.54 Å². The second kappa shape index (κ2) is 9.22. The lowest BCUT2D eigenvalue weighted by Crippen LogP contribution is -2.31. The van der Waals surface area contributed by atoms with Gasteiger partial charge >= 0.3 is 5.69 Å². The third-order valence-electron chi connectivity index (χ3n) is 4.91. The molecule has 0 atom stereocenters. The number of benzene rings is 2. The minimum absolute atomic E-state index is 0.161. The van der Waals surface area contributed by atoms with E-state index in [0.717, 1.165) is 11.1 Å². The molecule has 0 aliphatic heterocycles. The van der Waals surface area contributed by atoms with Gasteiger partial charge in [-0.15, -0.1) is 0 Å². The van der Waals surface area contributed by atoms with Crippen LogP contribution in [0.3, 0.4) is 0 Å². The molecule has 0 aliphatic carbocycles. The summed E-state index contributed by atoms with van der Waals surface area (Å²) in [5.74, 6) is -0.517. The van der Waals surface area contributed by atoms with Gasteiger partial charge in [-0.25, -0.2) is 15.2 Å². The highest BCUT2D eigenvalue weighted by molar-refractivity contribution is 6.13. The van der Waals surface area contributed by atoms with Crippen LogP contribution in [0, 0.1) is 0 Å². The molecule has 2 N–H and O–H groups in total. The predicted octanol–water partition coefficient (Wildman–Crippen LogP) is 2.68. The summed E-state index contributed by atoms with van der Waals surface area (Å²) in [4.78, 5) is 43.7. The summed E-state index contributed by atoms with van der Waals surface area (Å²) in [7, 11) is 0. The molecule has 32 heavy (non-hydrogen) atoms. The third kappa shape index (κ3) is 4.24. The molecule has 4 rings (SSSR count). The summed E-state index contributed by atoms with van der Waals surface area (Å²) in [5, 5.41) is 4.52. The van der Waals surface area contributed by atoms with Crippen LogP contribution in [-0.4, -0.2) is 26.2 Å². The molecular weight excluding hydrogens is 406 g/mol. The average molecular weight is 427 g/mol. The van der Waals surface area contributed by atoms with Crippen molar-refractivity contribution in [3.63, 3.8) is 0 Å². The van der Waals surface area contributed by atoms with Crippen LogP contribution in [0.1, 0.15) is 34.8 Å². The molecule has 8 heteroatoms. The third-order valence-corrected chi connectivity index (χ3v) is 4.91.